The van der Waals surface area contributed by atoms with Gasteiger partial charge >= 0.3 is 6.03 Å². The average Bonchev–Trinajstić information content (AvgIpc) is 2.38. The van der Waals surface area contributed by atoms with Crippen molar-refractivity contribution in [3.8, 4) is 0 Å². The highest BCUT2D eigenvalue weighted by atomic mass is 16.3. The molecule has 1 unspecified atom stereocenters. The summed E-state index contributed by atoms with van der Waals surface area (Å²) in [7, 11) is 1.44. The molecule has 0 saturated heterocycles. The highest BCUT2D eigenvalue weighted by Gasteiger charge is 2.14. The van der Waals surface area contributed by atoms with Crippen molar-refractivity contribution in [2.24, 2.45) is 0 Å². The molecule has 1 rings (SSSR count). The van der Waals surface area contributed by atoms with Crippen LogP contribution >= 0.6 is 0 Å². The summed E-state index contributed by atoms with van der Waals surface area (Å²) >= 11 is 0. The summed E-state index contributed by atoms with van der Waals surface area (Å²) < 4.78 is 0. The van der Waals surface area contributed by atoms with Crippen molar-refractivity contribution in [3.63, 3.8) is 0 Å². The maximum absolute atomic E-state index is 11.6. The first kappa shape index (κ1) is 14.0. The lowest BCUT2D eigenvalue weighted by Gasteiger charge is -2.15. The number of aliphatic hydroxyl groups is 1. The van der Waals surface area contributed by atoms with E-state index in [1.54, 1.807) is 31.2 Å². The fraction of sp³-hybridized carbons (Fsp3) is 0.333. The SMILES string of the molecule is CNC(=O)NC(=O)C(C)Nc1cccc(CO)c1. The quantitative estimate of drug-likeness (QED) is 0.625. The Morgan fingerprint density at radius 1 is 1.39 bits per heavy atom. The number of amides is 3. The molecule has 1 atom stereocenters. The van der Waals surface area contributed by atoms with Crippen LogP contribution in [0, 0.1) is 0 Å². The lowest BCUT2D eigenvalue weighted by molar-refractivity contribution is -0.120. The predicted octanol–water partition coefficient (Wildman–Crippen LogP) is 0.435. The third kappa shape index (κ3) is 4.06. The van der Waals surface area contributed by atoms with Gasteiger partial charge in [0.2, 0.25) is 5.91 Å². The van der Waals surface area contributed by atoms with Crippen molar-refractivity contribution in [1.29, 1.82) is 0 Å². The Morgan fingerprint density at radius 2 is 2.11 bits per heavy atom. The number of benzene rings is 1. The summed E-state index contributed by atoms with van der Waals surface area (Å²) in [6, 6.07) is 5.97. The second-order valence-electron chi connectivity index (χ2n) is 3.79. The lowest BCUT2D eigenvalue weighted by atomic mass is 10.2. The monoisotopic (exact) mass is 251 g/mol. The van der Waals surface area contributed by atoms with Gasteiger partial charge in [-0.15, -0.1) is 0 Å². The van der Waals surface area contributed by atoms with Crippen LogP contribution in [-0.4, -0.2) is 30.1 Å². The van der Waals surface area contributed by atoms with Crippen molar-refractivity contribution in [2.45, 2.75) is 19.6 Å². The molecule has 18 heavy (non-hydrogen) atoms. The molecule has 0 spiro atoms. The van der Waals surface area contributed by atoms with Crippen LogP contribution in [0.2, 0.25) is 0 Å². The van der Waals surface area contributed by atoms with Crippen molar-refractivity contribution >= 4 is 17.6 Å². The number of hydrogen-bond acceptors (Lipinski definition) is 4. The Bertz CT molecular complexity index is 434. The number of imide groups is 1. The zero-order valence-electron chi connectivity index (χ0n) is 10.4. The van der Waals surface area contributed by atoms with E-state index in [1.807, 2.05) is 0 Å². The number of aliphatic hydroxyl groups excluding tert-OH is 1. The molecular formula is C12H17N3O3. The molecule has 0 saturated carbocycles. The largest absolute Gasteiger partial charge is 0.392 e. The number of carbonyl (C=O) groups excluding carboxylic acids is 2. The second-order valence-corrected chi connectivity index (χ2v) is 3.79. The topological polar surface area (TPSA) is 90.5 Å². The van der Waals surface area contributed by atoms with Crippen molar-refractivity contribution in [1.82, 2.24) is 10.6 Å². The van der Waals surface area contributed by atoms with E-state index in [0.29, 0.717) is 5.69 Å². The van der Waals surface area contributed by atoms with E-state index in [9.17, 15) is 9.59 Å². The van der Waals surface area contributed by atoms with Gasteiger partial charge in [-0.3, -0.25) is 10.1 Å². The van der Waals surface area contributed by atoms with E-state index >= 15 is 0 Å². The van der Waals surface area contributed by atoms with Gasteiger partial charge in [0.15, 0.2) is 0 Å². The minimum Gasteiger partial charge on any atom is -0.392 e. The predicted molar refractivity (Wildman–Crippen MR) is 68.0 cm³/mol. The molecule has 0 aromatic heterocycles. The van der Waals surface area contributed by atoms with Crippen LogP contribution < -0.4 is 16.0 Å². The van der Waals surface area contributed by atoms with Crippen LogP contribution in [-0.2, 0) is 11.4 Å². The fourth-order valence-electron chi connectivity index (χ4n) is 1.36. The number of urea groups is 1. The number of hydrogen-bond donors (Lipinski definition) is 4. The zero-order chi connectivity index (χ0) is 13.5. The van der Waals surface area contributed by atoms with Crippen LogP contribution in [0.25, 0.3) is 0 Å². The van der Waals surface area contributed by atoms with Gasteiger partial charge in [-0.25, -0.2) is 4.79 Å². The van der Waals surface area contributed by atoms with E-state index in [4.69, 9.17) is 5.11 Å². The minimum absolute atomic E-state index is 0.0612. The van der Waals surface area contributed by atoms with Gasteiger partial charge in [0.05, 0.1) is 6.61 Å². The smallest absolute Gasteiger partial charge is 0.321 e. The molecule has 0 radical (unpaired) electrons. The molecular weight excluding hydrogens is 234 g/mol. The maximum Gasteiger partial charge on any atom is 0.321 e. The zero-order valence-corrected chi connectivity index (χ0v) is 10.4. The lowest BCUT2D eigenvalue weighted by Crippen LogP contribution is -2.44. The van der Waals surface area contributed by atoms with Crippen LogP contribution in [0.3, 0.4) is 0 Å². The summed E-state index contributed by atoms with van der Waals surface area (Å²) in [4.78, 5) is 22.6. The molecule has 1 aromatic carbocycles. The maximum atomic E-state index is 11.6. The molecule has 0 bridgehead atoms. The Hall–Kier alpha value is -2.08. The van der Waals surface area contributed by atoms with Crippen LogP contribution in [0.4, 0.5) is 10.5 Å². The number of carbonyl (C=O) groups is 2. The second kappa shape index (κ2) is 6.61. The van der Waals surface area contributed by atoms with Gasteiger partial charge in [-0.1, -0.05) is 12.1 Å². The Balaban J connectivity index is 2.60. The van der Waals surface area contributed by atoms with Crippen LogP contribution in [0.1, 0.15) is 12.5 Å². The molecule has 0 aliphatic heterocycles. The minimum atomic E-state index is -0.559. The summed E-state index contributed by atoms with van der Waals surface area (Å²) in [6.45, 7) is 1.58. The molecule has 98 valence electrons. The highest BCUT2D eigenvalue weighted by Crippen LogP contribution is 2.11. The first-order valence-electron chi connectivity index (χ1n) is 5.55. The number of rotatable bonds is 4. The van der Waals surface area contributed by atoms with E-state index in [1.165, 1.54) is 7.05 Å². The van der Waals surface area contributed by atoms with Gasteiger partial charge in [0, 0.05) is 12.7 Å². The fourth-order valence-corrected chi connectivity index (χ4v) is 1.36. The van der Waals surface area contributed by atoms with Crippen molar-refractivity contribution in [2.75, 3.05) is 12.4 Å². The summed E-state index contributed by atoms with van der Waals surface area (Å²) in [5, 5.41) is 16.4. The van der Waals surface area contributed by atoms with Gasteiger partial charge in [0.25, 0.3) is 0 Å². The van der Waals surface area contributed by atoms with Gasteiger partial charge in [0.1, 0.15) is 6.04 Å². The Morgan fingerprint density at radius 3 is 2.72 bits per heavy atom. The van der Waals surface area contributed by atoms with E-state index in [-0.39, 0.29) is 6.61 Å². The molecule has 4 N–H and O–H groups in total. The summed E-state index contributed by atoms with van der Waals surface area (Å²) in [6.07, 6.45) is 0. The van der Waals surface area contributed by atoms with Crippen LogP contribution in [0.5, 0.6) is 0 Å². The number of nitrogens with one attached hydrogen (secondary N) is 3. The average molecular weight is 251 g/mol. The third-order valence-corrected chi connectivity index (χ3v) is 2.35. The van der Waals surface area contributed by atoms with Crippen molar-refractivity contribution in [3.05, 3.63) is 29.8 Å². The molecule has 0 aliphatic carbocycles. The first-order valence-corrected chi connectivity index (χ1v) is 5.55. The first-order chi connectivity index (χ1) is 8.56. The highest BCUT2D eigenvalue weighted by molar-refractivity contribution is 5.97. The molecule has 6 heteroatoms. The molecule has 0 heterocycles. The molecule has 6 nitrogen and oxygen atoms in total. The van der Waals surface area contributed by atoms with E-state index < -0.39 is 18.0 Å². The van der Waals surface area contributed by atoms with Gasteiger partial charge in [-0.2, -0.15) is 0 Å². The Kier molecular flexibility index (Phi) is 5.13. The third-order valence-electron chi connectivity index (χ3n) is 2.35. The summed E-state index contributed by atoms with van der Waals surface area (Å²) in [5.74, 6) is -0.427. The molecule has 0 aliphatic rings. The molecule has 1 aromatic rings. The van der Waals surface area contributed by atoms with Crippen molar-refractivity contribution < 1.29 is 14.7 Å². The van der Waals surface area contributed by atoms with Crippen LogP contribution in [0.15, 0.2) is 24.3 Å². The molecule has 0 fully saturated rings. The summed E-state index contributed by atoms with van der Waals surface area (Å²) in [5.41, 5.74) is 1.46. The number of anilines is 1. The van der Waals surface area contributed by atoms with E-state index in [2.05, 4.69) is 16.0 Å². The normalized spacial score (nSPS) is 11.5. The molecule has 3 amide bonds. The standard InChI is InChI=1S/C12H17N3O3/c1-8(11(17)15-12(18)13-2)14-10-5-3-4-9(6-10)7-16/h3-6,8,14,16H,7H2,1-2H3,(H2,13,15,17,18). The van der Waals surface area contributed by atoms with Gasteiger partial charge < -0.3 is 15.7 Å². The van der Waals surface area contributed by atoms with Gasteiger partial charge in [-0.05, 0) is 24.6 Å². The van der Waals surface area contributed by atoms with E-state index in [0.717, 1.165) is 5.56 Å². The Labute approximate surface area is 105 Å².